The molecule has 6 heterocycles. The Kier molecular flexibility index (Phi) is 5.92. The number of amides is 2. The molecule has 0 bridgehead atoms. The lowest BCUT2D eigenvalue weighted by molar-refractivity contribution is -0.137. The number of piperidine rings is 1. The number of nitrogen functional groups attached to an aromatic ring is 1. The summed E-state index contributed by atoms with van der Waals surface area (Å²) in [6.45, 7) is 0.589. The van der Waals surface area contributed by atoms with E-state index in [2.05, 4.69) is 20.3 Å². The summed E-state index contributed by atoms with van der Waals surface area (Å²) < 4.78 is 40.8. The fraction of sp³-hybridized carbons (Fsp3) is 0.308. The molecule has 4 aromatic heterocycles. The first-order valence-corrected chi connectivity index (χ1v) is 12.4. The molecular formula is C26H23F3N8O2. The number of fused-ring (bicyclic) bond motifs is 2. The third kappa shape index (κ3) is 4.53. The highest BCUT2D eigenvalue weighted by molar-refractivity contribution is 6.02. The fourth-order valence-corrected chi connectivity index (χ4v) is 5.38. The van der Waals surface area contributed by atoms with Crippen LogP contribution in [0.15, 0.2) is 49.1 Å². The van der Waals surface area contributed by atoms with Crippen molar-refractivity contribution in [2.75, 3.05) is 17.6 Å². The first kappa shape index (κ1) is 24.8. The number of nitrogens with two attached hydrogens (primary N) is 1. The number of nitrogens with one attached hydrogen (secondary N) is 1. The molecule has 0 aromatic carbocycles. The maximum absolute atomic E-state index is 13.0. The van der Waals surface area contributed by atoms with E-state index in [1.54, 1.807) is 18.5 Å². The van der Waals surface area contributed by atoms with Gasteiger partial charge in [-0.3, -0.25) is 19.0 Å². The molecule has 6 rings (SSSR count). The van der Waals surface area contributed by atoms with Crippen LogP contribution < -0.4 is 11.1 Å². The Labute approximate surface area is 220 Å². The van der Waals surface area contributed by atoms with Gasteiger partial charge in [0.2, 0.25) is 5.91 Å². The second kappa shape index (κ2) is 9.33. The minimum Gasteiger partial charge on any atom is -0.382 e. The second-order valence-electron chi connectivity index (χ2n) is 9.68. The summed E-state index contributed by atoms with van der Waals surface area (Å²) in [5.41, 5.74) is 7.01. The number of hydrogen-bond donors (Lipinski definition) is 2. The fourth-order valence-electron chi connectivity index (χ4n) is 5.38. The predicted octanol–water partition coefficient (Wildman–Crippen LogP) is 3.91. The van der Waals surface area contributed by atoms with Crippen LogP contribution >= 0.6 is 0 Å². The Hall–Kier alpha value is -4.55. The minimum absolute atomic E-state index is 0.0151. The molecule has 200 valence electrons. The molecule has 0 saturated carbocycles. The molecule has 2 atom stereocenters. The van der Waals surface area contributed by atoms with E-state index in [0.717, 1.165) is 43.4 Å². The second-order valence-corrected chi connectivity index (χ2v) is 9.68. The Bertz CT molecular complexity index is 1580. The summed E-state index contributed by atoms with van der Waals surface area (Å²) in [6.07, 6.45) is 4.51. The molecule has 2 saturated heterocycles. The average molecular weight is 537 g/mol. The van der Waals surface area contributed by atoms with E-state index in [9.17, 15) is 22.8 Å². The number of anilines is 2. The Morgan fingerprint density at radius 3 is 2.69 bits per heavy atom. The Balaban J connectivity index is 1.28. The van der Waals surface area contributed by atoms with Crippen molar-refractivity contribution in [3.63, 3.8) is 0 Å². The van der Waals surface area contributed by atoms with Crippen LogP contribution in [-0.2, 0) is 11.0 Å². The first-order valence-electron chi connectivity index (χ1n) is 12.4. The predicted molar refractivity (Wildman–Crippen MR) is 135 cm³/mol. The quantitative estimate of drug-likeness (QED) is 0.404. The Morgan fingerprint density at radius 2 is 1.92 bits per heavy atom. The van der Waals surface area contributed by atoms with Gasteiger partial charge in [-0.15, -0.1) is 0 Å². The zero-order chi connectivity index (χ0) is 27.3. The molecule has 3 N–H and O–H groups in total. The van der Waals surface area contributed by atoms with E-state index < -0.39 is 17.6 Å². The van der Waals surface area contributed by atoms with Gasteiger partial charge in [0.05, 0.1) is 5.56 Å². The van der Waals surface area contributed by atoms with Gasteiger partial charge in [0.15, 0.2) is 0 Å². The zero-order valence-electron chi connectivity index (χ0n) is 20.5. The summed E-state index contributed by atoms with van der Waals surface area (Å²) in [4.78, 5) is 44.1. The molecule has 0 aliphatic carbocycles. The van der Waals surface area contributed by atoms with Crippen LogP contribution in [0, 0.1) is 0 Å². The van der Waals surface area contributed by atoms with Crippen molar-refractivity contribution in [3.05, 3.63) is 66.1 Å². The number of carbonyl (C=O) groups excluding carboxylic acids is 2. The summed E-state index contributed by atoms with van der Waals surface area (Å²) in [5, 5.41) is 2.34. The number of carbonyl (C=O) groups is 2. The van der Waals surface area contributed by atoms with Crippen molar-refractivity contribution in [2.45, 2.75) is 43.8 Å². The molecular weight excluding hydrogens is 513 g/mol. The van der Waals surface area contributed by atoms with Crippen molar-refractivity contribution in [3.8, 4) is 11.3 Å². The molecule has 0 spiro atoms. The first-order chi connectivity index (χ1) is 18.7. The van der Waals surface area contributed by atoms with Gasteiger partial charge in [-0.25, -0.2) is 15.0 Å². The van der Waals surface area contributed by atoms with Crippen LogP contribution in [-0.4, -0.2) is 53.6 Å². The highest BCUT2D eigenvalue weighted by Gasteiger charge is 2.38. The molecule has 39 heavy (non-hydrogen) atoms. The van der Waals surface area contributed by atoms with Crippen LogP contribution in [0.1, 0.15) is 53.5 Å². The molecule has 2 aliphatic heterocycles. The zero-order valence-corrected chi connectivity index (χ0v) is 20.5. The van der Waals surface area contributed by atoms with E-state index >= 15 is 0 Å². The molecule has 4 aromatic rings. The number of pyridine rings is 2. The summed E-state index contributed by atoms with van der Waals surface area (Å²) in [6, 6.07) is 4.95. The summed E-state index contributed by atoms with van der Waals surface area (Å²) in [5.74, 6) is 0.279. The number of imidazole rings is 1. The smallest absolute Gasteiger partial charge is 0.382 e. The van der Waals surface area contributed by atoms with Crippen molar-refractivity contribution in [1.82, 2.24) is 29.2 Å². The highest BCUT2D eigenvalue weighted by Crippen LogP contribution is 2.38. The van der Waals surface area contributed by atoms with E-state index in [-0.39, 0.29) is 29.2 Å². The number of rotatable bonds is 4. The van der Waals surface area contributed by atoms with Crippen LogP contribution in [0.3, 0.4) is 0 Å². The van der Waals surface area contributed by atoms with E-state index in [4.69, 9.17) is 10.7 Å². The molecule has 13 heteroatoms. The molecule has 2 aliphatic rings. The van der Waals surface area contributed by atoms with Gasteiger partial charge in [0.25, 0.3) is 5.91 Å². The normalized spacial score (nSPS) is 19.4. The van der Waals surface area contributed by atoms with Gasteiger partial charge >= 0.3 is 6.18 Å². The van der Waals surface area contributed by atoms with Gasteiger partial charge in [0, 0.05) is 55.3 Å². The SMILES string of the molecule is Nc1nccn2c([C@@H]3CC[C@H]4CCC(=O)N4C3)nc(-c3ccc(C(=O)Nc4cc(C(F)(F)F)ccn4)nc3)c12. The Morgan fingerprint density at radius 1 is 1.08 bits per heavy atom. The lowest BCUT2D eigenvalue weighted by Gasteiger charge is -2.34. The van der Waals surface area contributed by atoms with Crippen molar-refractivity contribution >= 4 is 29.0 Å². The lowest BCUT2D eigenvalue weighted by atomic mass is 9.92. The molecule has 0 unspecified atom stereocenters. The number of hydrogen-bond acceptors (Lipinski definition) is 7. The van der Waals surface area contributed by atoms with Crippen molar-refractivity contribution < 1.29 is 22.8 Å². The monoisotopic (exact) mass is 536 g/mol. The molecule has 2 fully saturated rings. The van der Waals surface area contributed by atoms with Gasteiger partial charge in [-0.1, -0.05) is 0 Å². The molecule has 0 radical (unpaired) electrons. The molecule has 2 amide bonds. The minimum atomic E-state index is -4.56. The average Bonchev–Trinajstić information content (AvgIpc) is 3.50. The van der Waals surface area contributed by atoms with Gasteiger partial charge in [-0.2, -0.15) is 13.2 Å². The van der Waals surface area contributed by atoms with E-state index in [0.29, 0.717) is 35.8 Å². The maximum Gasteiger partial charge on any atom is 0.416 e. The third-order valence-corrected chi connectivity index (χ3v) is 7.29. The lowest BCUT2D eigenvalue weighted by Crippen LogP contribution is -2.41. The van der Waals surface area contributed by atoms with Gasteiger partial charge in [0.1, 0.15) is 34.4 Å². The summed E-state index contributed by atoms with van der Waals surface area (Å²) >= 11 is 0. The van der Waals surface area contributed by atoms with Gasteiger partial charge < -0.3 is 16.0 Å². The van der Waals surface area contributed by atoms with Crippen LogP contribution in [0.25, 0.3) is 16.8 Å². The van der Waals surface area contributed by atoms with Crippen molar-refractivity contribution in [1.29, 1.82) is 0 Å². The topological polar surface area (TPSA) is 131 Å². The largest absolute Gasteiger partial charge is 0.416 e. The van der Waals surface area contributed by atoms with Crippen molar-refractivity contribution in [2.24, 2.45) is 0 Å². The third-order valence-electron chi connectivity index (χ3n) is 7.29. The number of halogens is 3. The standard InChI is InChI=1S/C26H23F3N8O2/c27-26(28,29)16-7-8-31-19(11-16)34-25(39)18-5-2-14(12-33-18)21-22-23(30)32-9-10-36(22)24(35-21)15-1-3-17-4-6-20(38)37(17)13-15/h2,5,7-12,15,17H,1,3-4,6,13H2,(H2,30,32)(H,31,34,39)/t15-,17+/m1/s1. The number of alkyl halides is 3. The van der Waals surface area contributed by atoms with Crippen LogP contribution in [0.2, 0.25) is 0 Å². The number of nitrogens with zero attached hydrogens (tertiary/aromatic N) is 6. The number of aromatic nitrogens is 5. The van der Waals surface area contributed by atoms with Crippen LogP contribution in [0.5, 0.6) is 0 Å². The maximum atomic E-state index is 13.0. The van der Waals surface area contributed by atoms with E-state index in [1.165, 1.54) is 12.3 Å². The van der Waals surface area contributed by atoms with Crippen LogP contribution in [0.4, 0.5) is 24.8 Å². The molecule has 10 nitrogen and oxygen atoms in total. The highest BCUT2D eigenvalue weighted by atomic mass is 19.4. The summed E-state index contributed by atoms with van der Waals surface area (Å²) in [7, 11) is 0. The van der Waals surface area contributed by atoms with E-state index in [1.807, 2.05) is 9.30 Å². The van der Waals surface area contributed by atoms with Gasteiger partial charge in [-0.05, 0) is 43.5 Å².